The zero-order chi connectivity index (χ0) is 51.6. The van der Waals surface area contributed by atoms with Crippen molar-refractivity contribution in [2.24, 2.45) is 0 Å². The zero-order valence-corrected chi connectivity index (χ0v) is 40.2. The van der Waals surface area contributed by atoms with E-state index in [-0.39, 0.29) is 88.1 Å². The van der Waals surface area contributed by atoms with Crippen LogP contribution in [-0.2, 0) is 20.2 Å². The molecule has 9 rings (SSSR count). The second-order valence-electron chi connectivity index (χ2n) is 16.1. The molecule has 6 N–H and O–H groups in total. The van der Waals surface area contributed by atoms with Crippen LogP contribution in [0.1, 0.15) is 13.8 Å². The summed E-state index contributed by atoms with van der Waals surface area (Å²) in [7, 11) is -8.92. The molecule has 24 nitrogen and oxygen atoms in total. The highest BCUT2D eigenvalue weighted by atomic mass is 35.5. The van der Waals surface area contributed by atoms with Gasteiger partial charge >= 0.3 is 6.41 Å². The van der Waals surface area contributed by atoms with E-state index in [1.807, 2.05) is 0 Å². The van der Waals surface area contributed by atoms with E-state index in [1.165, 1.54) is 43.5 Å². The molecule has 28 heteroatoms. The van der Waals surface area contributed by atoms with E-state index in [4.69, 9.17) is 42.8 Å². The second-order valence-corrected chi connectivity index (χ2v) is 19.5. The van der Waals surface area contributed by atoms with E-state index >= 15 is 0 Å². The predicted octanol–water partition coefficient (Wildman–Crippen LogP) is 6.62. The lowest BCUT2D eigenvalue weighted by atomic mass is 10.1. The van der Waals surface area contributed by atoms with Crippen LogP contribution >= 0.6 is 23.2 Å². The molecule has 72 heavy (non-hydrogen) atoms. The summed E-state index contributed by atoms with van der Waals surface area (Å²) in [5.41, 5.74) is 6.85. The van der Waals surface area contributed by atoms with E-state index in [2.05, 4.69) is 25.7 Å². The normalized spacial score (nSPS) is 15.0. The van der Waals surface area contributed by atoms with Gasteiger partial charge < -0.3 is 35.1 Å². The van der Waals surface area contributed by atoms with Gasteiger partial charge in [0, 0.05) is 40.7 Å². The summed E-state index contributed by atoms with van der Waals surface area (Å²) in [6.45, 7) is 3.54. The van der Waals surface area contributed by atoms with Gasteiger partial charge in [0.1, 0.15) is 15.5 Å². The number of methoxy groups -OCH3 is 1. The van der Waals surface area contributed by atoms with Gasteiger partial charge in [-0.05, 0) is 101 Å². The second kappa shape index (κ2) is 18.7. The number of rotatable bonds is 15. The molecule has 2 heterocycles. The van der Waals surface area contributed by atoms with Gasteiger partial charge in [-0.2, -0.15) is 31.8 Å². The summed E-state index contributed by atoms with van der Waals surface area (Å²) >= 11 is 11.9. The van der Waals surface area contributed by atoms with Crippen molar-refractivity contribution in [3.63, 3.8) is 0 Å². The standard InChI is InChI=1S/C44H34Cl2N10O14S2/c1-21(2)53(39-28-13-11-25(55(58)59)18-30(28)35(71(62,63)64)20-34(39)68-3)51-37-27-7-5-4-6-22(27)9-14-33(37)70-44-54(31-19-26(56(60)61)12-15-32(31)69-44)52-38-36(72(65,66)67)16-23-8-10-24(17-29(23)40(38)57)47-43-49-41(45)48-42(46)50-43/h4-21,44,52-53,57H,1-3H3,(H,62,63,64)(H,65,66,67)(H,47,48,49,50)/t44-/m1/s1. The molecule has 0 saturated heterocycles. The Morgan fingerprint density at radius 3 is 2.11 bits per heavy atom. The molecule has 0 fully saturated rings. The molecular formula is C44H34Cl2N10O14S2. The number of ether oxygens (including phenoxy) is 3. The van der Waals surface area contributed by atoms with Gasteiger partial charge in [0.25, 0.3) is 31.6 Å². The zero-order valence-electron chi connectivity index (χ0n) is 37.0. The summed E-state index contributed by atoms with van der Waals surface area (Å²) in [6.07, 6.45) is -1.67. The quantitative estimate of drug-likeness (QED) is 0.0357. The van der Waals surface area contributed by atoms with Crippen molar-refractivity contribution in [2.45, 2.75) is 36.1 Å². The molecule has 0 aliphatic carbocycles. The first kappa shape index (κ1) is 49.0. The van der Waals surface area contributed by atoms with Crippen molar-refractivity contribution in [1.82, 2.24) is 15.0 Å². The minimum atomic E-state index is -5.20. The number of anilines is 3. The van der Waals surface area contributed by atoms with E-state index < -0.39 is 75.1 Å². The Hall–Kier alpha value is -7.95. The molecule has 2 unspecified atom stereocenters. The Labute approximate surface area is 416 Å². The summed E-state index contributed by atoms with van der Waals surface area (Å²) in [5.74, 6) is -1.16. The number of nitro groups is 2. The molecule has 1 aliphatic rings. The molecule has 1 aliphatic heterocycles. The third kappa shape index (κ3) is 9.38. The van der Waals surface area contributed by atoms with Gasteiger partial charge in [-0.25, -0.2) is 5.43 Å². The van der Waals surface area contributed by atoms with Crippen molar-refractivity contribution < 1.29 is 65.1 Å². The topological polar surface area (TPSA) is 331 Å². The number of hydrogen-bond donors (Lipinski definition) is 6. The average molecular weight is 1060 g/mol. The van der Waals surface area contributed by atoms with Crippen molar-refractivity contribution in [3.05, 3.63) is 139 Å². The molecule has 0 amide bonds. The Balaban J connectivity index is 1.18. The van der Waals surface area contributed by atoms with Crippen molar-refractivity contribution in [3.8, 4) is 23.0 Å². The SMILES string of the molecule is COc1cc(S(=O)(=O)O)c2cc([N+](=O)[O-])ccc2c1[NH+]([N-]c1c(O[C@H]2Oc3ccc([N+](=O)[O-])cc3[NH+]2Nc2c(S(=O)(=O)O)cc3ccc(Nc4nc(Cl)nc(Cl)n4)cc3c2[O-])ccc2ccccc12)C(C)C. The molecule has 1 aromatic heterocycles. The van der Waals surface area contributed by atoms with Crippen LogP contribution < -0.4 is 40.1 Å². The molecule has 0 spiro atoms. The fraction of sp³-hybridized carbons (Fsp3) is 0.114. The van der Waals surface area contributed by atoms with E-state index in [9.17, 15) is 51.3 Å². The predicted molar refractivity (Wildman–Crippen MR) is 258 cm³/mol. The highest BCUT2D eigenvalue weighted by Gasteiger charge is 2.42. The van der Waals surface area contributed by atoms with Crippen LogP contribution in [0.2, 0.25) is 10.6 Å². The molecule has 0 radical (unpaired) electrons. The fourth-order valence-corrected chi connectivity index (χ4v) is 9.85. The molecule has 8 aromatic rings. The maximum absolute atomic E-state index is 14.6. The first-order valence-corrected chi connectivity index (χ1v) is 24.5. The highest BCUT2D eigenvalue weighted by molar-refractivity contribution is 7.86. The van der Waals surface area contributed by atoms with Gasteiger partial charge in [-0.15, -0.1) is 5.01 Å². The molecule has 3 atom stereocenters. The van der Waals surface area contributed by atoms with Crippen LogP contribution in [0.4, 0.5) is 45.8 Å². The first-order chi connectivity index (χ1) is 34.1. The number of halogens is 2. The molecule has 0 saturated carbocycles. The monoisotopic (exact) mass is 1060 g/mol. The maximum Gasteiger partial charge on any atom is 0.421 e. The largest absolute Gasteiger partial charge is 0.870 e. The maximum atomic E-state index is 14.6. The Morgan fingerprint density at radius 1 is 0.778 bits per heavy atom. The van der Waals surface area contributed by atoms with Crippen LogP contribution in [0.15, 0.2) is 113 Å². The lowest BCUT2D eigenvalue weighted by Crippen LogP contribution is -3.14. The number of nitro benzene ring substituents is 2. The number of fused-ring (bicyclic) bond motifs is 4. The number of non-ortho nitro benzene ring substituents is 2. The van der Waals surface area contributed by atoms with Gasteiger partial charge in [-0.1, -0.05) is 42.1 Å². The average Bonchev–Trinajstić information content (AvgIpc) is 3.65. The molecule has 7 aromatic carbocycles. The third-order valence-electron chi connectivity index (χ3n) is 11.3. The number of benzene rings is 7. The van der Waals surface area contributed by atoms with Crippen molar-refractivity contribution in [2.75, 3.05) is 17.9 Å². The summed E-state index contributed by atoms with van der Waals surface area (Å²) in [4.78, 5) is 32.7. The van der Waals surface area contributed by atoms with Gasteiger partial charge in [0.05, 0.1) is 34.8 Å². The number of aromatic nitrogens is 3. The van der Waals surface area contributed by atoms with E-state index in [1.54, 1.807) is 44.2 Å². The Morgan fingerprint density at radius 2 is 1.44 bits per heavy atom. The van der Waals surface area contributed by atoms with Gasteiger partial charge in [-0.3, -0.25) is 29.3 Å². The molecule has 0 bridgehead atoms. The summed E-state index contributed by atoms with van der Waals surface area (Å²) in [6, 6.07) is 23.0. The van der Waals surface area contributed by atoms with Crippen LogP contribution in [-0.4, -0.2) is 70.3 Å². The summed E-state index contributed by atoms with van der Waals surface area (Å²) in [5, 5.41) is 42.0. The summed E-state index contributed by atoms with van der Waals surface area (Å²) < 4.78 is 91.1. The smallest absolute Gasteiger partial charge is 0.421 e. The fourth-order valence-electron chi connectivity index (χ4n) is 8.10. The third-order valence-corrected chi connectivity index (χ3v) is 13.4. The van der Waals surface area contributed by atoms with Gasteiger partial charge in [0.15, 0.2) is 17.2 Å². The number of quaternary nitrogens is 2. The first-order valence-electron chi connectivity index (χ1n) is 20.8. The van der Waals surface area contributed by atoms with E-state index in [0.29, 0.717) is 10.8 Å². The molecular weight excluding hydrogens is 1030 g/mol. The van der Waals surface area contributed by atoms with Crippen molar-refractivity contribution in [1.29, 1.82) is 0 Å². The molecule has 370 valence electrons. The Bertz CT molecular complexity index is 3800. The number of nitrogens with one attached hydrogen (secondary N) is 4. The lowest BCUT2D eigenvalue weighted by molar-refractivity contribution is -0.872. The van der Waals surface area contributed by atoms with Crippen molar-refractivity contribution >= 4 is 122 Å². The van der Waals surface area contributed by atoms with Crippen LogP contribution in [0.25, 0.3) is 37.7 Å². The Kier molecular flexibility index (Phi) is 12.7. The minimum Gasteiger partial charge on any atom is -0.870 e. The number of hydrogen-bond acceptors (Lipinski definition) is 17. The van der Waals surface area contributed by atoms with Crippen LogP contribution in [0, 0.1) is 20.2 Å². The minimum absolute atomic E-state index is 0.00571. The number of nitrogens with zero attached hydrogens (tertiary/aromatic N) is 6. The lowest BCUT2D eigenvalue weighted by Gasteiger charge is -2.38. The van der Waals surface area contributed by atoms with Crippen LogP contribution in [0.3, 0.4) is 0 Å². The highest BCUT2D eigenvalue weighted by Crippen LogP contribution is 2.44. The van der Waals surface area contributed by atoms with Gasteiger partial charge in [0.2, 0.25) is 22.2 Å². The van der Waals surface area contributed by atoms with E-state index in [0.717, 1.165) is 36.4 Å². The van der Waals surface area contributed by atoms with Crippen LogP contribution in [0.5, 0.6) is 23.0 Å².